The molecule has 200 valence electrons. The van der Waals surface area contributed by atoms with Gasteiger partial charge in [0.1, 0.15) is 29.7 Å². The first-order valence-electron chi connectivity index (χ1n) is 13.0. The molecule has 1 aromatic carbocycles. The lowest BCUT2D eigenvalue weighted by Gasteiger charge is -2.39. The van der Waals surface area contributed by atoms with Gasteiger partial charge in [0.2, 0.25) is 5.91 Å². The van der Waals surface area contributed by atoms with Crippen LogP contribution in [0.2, 0.25) is 0 Å². The van der Waals surface area contributed by atoms with E-state index in [4.69, 9.17) is 9.47 Å². The SMILES string of the molecule is C[C@H](CO)N1C(=O)[C@@H]2[C@H]3C(=O)OCCC/C=C\[C@@]3(C)O[C@@]23C=CCN(Cn2nnc4ccccc42)C(=O)C13. The Morgan fingerprint density at radius 2 is 1.95 bits per heavy atom. The van der Waals surface area contributed by atoms with E-state index >= 15 is 0 Å². The molecule has 0 radical (unpaired) electrons. The molecule has 6 atom stereocenters. The van der Waals surface area contributed by atoms with Crippen molar-refractivity contribution in [1.82, 2.24) is 24.8 Å². The monoisotopic (exact) mass is 521 g/mol. The fourth-order valence-corrected chi connectivity index (χ4v) is 6.49. The lowest BCUT2D eigenvalue weighted by molar-refractivity contribution is -0.161. The van der Waals surface area contributed by atoms with Crippen LogP contribution in [-0.4, -0.2) is 90.7 Å². The predicted molar refractivity (Wildman–Crippen MR) is 134 cm³/mol. The van der Waals surface area contributed by atoms with Gasteiger partial charge < -0.3 is 24.4 Å². The van der Waals surface area contributed by atoms with Crippen molar-refractivity contribution in [2.24, 2.45) is 11.8 Å². The topological polar surface area (TPSA) is 127 Å². The van der Waals surface area contributed by atoms with Crippen LogP contribution < -0.4 is 0 Å². The zero-order chi connectivity index (χ0) is 26.7. The minimum atomic E-state index is -1.40. The largest absolute Gasteiger partial charge is 0.465 e. The van der Waals surface area contributed by atoms with E-state index in [9.17, 15) is 19.5 Å². The molecule has 11 nitrogen and oxygen atoms in total. The van der Waals surface area contributed by atoms with Gasteiger partial charge in [0, 0.05) is 6.54 Å². The van der Waals surface area contributed by atoms with Crippen LogP contribution in [0, 0.1) is 11.8 Å². The number of aliphatic hydroxyl groups excluding tert-OH is 1. The average molecular weight is 522 g/mol. The third-order valence-electron chi connectivity index (χ3n) is 8.24. The number of aromatic nitrogens is 3. The smallest absolute Gasteiger partial charge is 0.313 e. The number of carbonyl (C=O) groups excluding carboxylic acids is 3. The number of ether oxygens (including phenoxy) is 2. The number of aliphatic hydroxyl groups is 1. The second kappa shape index (κ2) is 9.02. The van der Waals surface area contributed by atoms with Crippen molar-refractivity contribution in [3.05, 3.63) is 48.6 Å². The van der Waals surface area contributed by atoms with Crippen LogP contribution in [-0.2, 0) is 30.5 Å². The van der Waals surface area contributed by atoms with Crippen molar-refractivity contribution in [2.45, 2.75) is 56.6 Å². The van der Waals surface area contributed by atoms with Crippen LogP contribution in [0.25, 0.3) is 11.0 Å². The molecule has 2 saturated heterocycles. The molecule has 4 aliphatic rings. The van der Waals surface area contributed by atoms with Gasteiger partial charge in [-0.25, -0.2) is 4.68 Å². The molecule has 1 aromatic heterocycles. The summed E-state index contributed by atoms with van der Waals surface area (Å²) in [7, 11) is 0. The van der Waals surface area contributed by atoms with Gasteiger partial charge in [-0.15, -0.1) is 5.10 Å². The van der Waals surface area contributed by atoms with Crippen molar-refractivity contribution < 1.29 is 29.0 Å². The number of hydrogen-bond donors (Lipinski definition) is 1. The highest BCUT2D eigenvalue weighted by Crippen LogP contribution is 2.57. The van der Waals surface area contributed by atoms with Gasteiger partial charge in [-0.1, -0.05) is 41.7 Å². The molecule has 4 aliphatic heterocycles. The lowest BCUT2D eigenvalue weighted by atomic mass is 9.74. The summed E-state index contributed by atoms with van der Waals surface area (Å²) in [5.74, 6) is -3.18. The maximum Gasteiger partial charge on any atom is 0.313 e. The number of cyclic esters (lactones) is 1. The minimum absolute atomic E-state index is 0.110. The highest BCUT2D eigenvalue weighted by molar-refractivity contribution is 5.99. The molecular formula is C27H31N5O6. The molecule has 38 heavy (non-hydrogen) atoms. The first-order valence-corrected chi connectivity index (χ1v) is 13.0. The van der Waals surface area contributed by atoms with E-state index in [0.717, 1.165) is 5.52 Å². The molecule has 2 aromatic rings. The molecular weight excluding hydrogens is 490 g/mol. The zero-order valence-electron chi connectivity index (χ0n) is 21.4. The molecule has 1 unspecified atom stereocenters. The Morgan fingerprint density at radius 1 is 1.13 bits per heavy atom. The van der Waals surface area contributed by atoms with E-state index in [-0.39, 0.29) is 32.3 Å². The average Bonchev–Trinajstić information content (AvgIpc) is 3.48. The highest BCUT2D eigenvalue weighted by atomic mass is 16.6. The minimum Gasteiger partial charge on any atom is -0.465 e. The van der Waals surface area contributed by atoms with E-state index in [1.54, 1.807) is 29.5 Å². The summed E-state index contributed by atoms with van der Waals surface area (Å²) in [6.45, 7) is 3.73. The second-order valence-corrected chi connectivity index (χ2v) is 10.7. The van der Waals surface area contributed by atoms with Crippen LogP contribution in [0.4, 0.5) is 0 Å². The van der Waals surface area contributed by atoms with E-state index in [1.807, 2.05) is 42.5 Å². The van der Waals surface area contributed by atoms with Crippen molar-refractivity contribution in [2.75, 3.05) is 19.8 Å². The summed E-state index contributed by atoms with van der Waals surface area (Å²) < 4.78 is 13.9. The summed E-state index contributed by atoms with van der Waals surface area (Å²) >= 11 is 0. The number of nitrogens with zero attached hydrogens (tertiary/aromatic N) is 5. The molecule has 0 aliphatic carbocycles. The molecule has 1 N–H and O–H groups in total. The predicted octanol–water partition coefficient (Wildman–Crippen LogP) is 1.03. The van der Waals surface area contributed by atoms with E-state index in [1.165, 1.54) is 4.90 Å². The first kappa shape index (κ1) is 24.7. The van der Waals surface area contributed by atoms with Gasteiger partial charge in [0.05, 0.1) is 36.3 Å². The maximum atomic E-state index is 14.3. The first-order chi connectivity index (χ1) is 18.3. The second-order valence-electron chi connectivity index (χ2n) is 10.7. The number of para-hydroxylation sites is 1. The Labute approximate surface area is 219 Å². The molecule has 2 fully saturated rings. The normalized spacial score (nSPS) is 34.6. The molecule has 0 bridgehead atoms. The number of amides is 2. The Bertz CT molecular complexity index is 1350. The number of carbonyl (C=O) groups is 3. The summed E-state index contributed by atoms with van der Waals surface area (Å²) in [4.78, 5) is 44.8. The number of esters is 1. The van der Waals surface area contributed by atoms with Gasteiger partial charge in [-0.3, -0.25) is 14.4 Å². The molecule has 2 amide bonds. The summed E-state index contributed by atoms with van der Waals surface area (Å²) in [5.41, 5.74) is -1.07. The van der Waals surface area contributed by atoms with Gasteiger partial charge >= 0.3 is 5.97 Å². The molecule has 5 heterocycles. The molecule has 11 heteroatoms. The molecule has 6 rings (SSSR count). The third kappa shape index (κ3) is 3.52. The van der Waals surface area contributed by atoms with Gasteiger partial charge in [-0.05, 0) is 38.8 Å². The van der Waals surface area contributed by atoms with Crippen molar-refractivity contribution in [3.8, 4) is 0 Å². The van der Waals surface area contributed by atoms with Crippen LogP contribution in [0.15, 0.2) is 48.6 Å². The van der Waals surface area contributed by atoms with E-state index in [2.05, 4.69) is 10.3 Å². The summed E-state index contributed by atoms with van der Waals surface area (Å²) in [6, 6.07) is 5.72. The van der Waals surface area contributed by atoms with Gasteiger partial charge in [-0.2, -0.15) is 0 Å². The third-order valence-corrected chi connectivity index (χ3v) is 8.24. The number of hydrogen-bond acceptors (Lipinski definition) is 8. The highest BCUT2D eigenvalue weighted by Gasteiger charge is 2.75. The van der Waals surface area contributed by atoms with Crippen molar-refractivity contribution in [1.29, 1.82) is 0 Å². The van der Waals surface area contributed by atoms with Crippen molar-refractivity contribution in [3.63, 3.8) is 0 Å². The standard InChI is InChI=1S/C27H31N5O6/c1-17(15-33)32-22-24(35)30(16-31-19-10-5-4-9-18(19)28-29-31)13-8-12-27(22)20(23(32)34)21-25(36)37-14-7-3-6-11-26(21,2)38-27/h4-6,8-12,17,20-22,33H,3,7,13-16H2,1-2H3/b11-6-/t17-,20+,21+,22?,26-,27+/m1/s1. The summed E-state index contributed by atoms with van der Waals surface area (Å²) in [6.07, 6.45) is 8.75. The number of fused-ring (bicyclic) bond motifs is 3. The number of rotatable bonds is 4. The van der Waals surface area contributed by atoms with Crippen LogP contribution in [0.1, 0.15) is 26.7 Å². The molecule has 1 spiro atoms. The zero-order valence-corrected chi connectivity index (χ0v) is 21.4. The Kier molecular flexibility index (Phi) is 5.88. The quantitative estimate of drug-likeness (QED) is 0.467. The maximum absolute atomic E-state index is 14.3. The van der Waals surface area contributed by atoms with Gasteiger partial charge in [0.25, 0.3) is 5.91 Å². The number of benzene rings is 1. The van der Waals surface area contributed by atoms with Crippen LogP contribution in [0.3, 0.4) is 0 Å². The summed E-state index contributed by atoms with van der Waals surface area (Å²) in [5, 5.41) is 18.5. The van der Waals surface area contributed by atoms with Gasteiger partial charge in [0.15, 0.2) is 0 Å². The van der Waals surface area contributed by atoms with Crippen molar-refractivity contribution >= 4 is 28.8 Å². The fourth-order valence-electron chi connectivity index (χ4n) is 6.49. The Morgan fingerprint density at radius 3 is 2.76 bits per heavy atom. The fraction of sp³-hybridized carbons (Fsp3) is 0.519. The van der Waals surface area contributed by atoms with E-state index < -0.39 is 47.0 Å². The number of allylic oxidation sites excluding steroid dienone is 1. The van der Waals surface area contributed by atoms with Crippen LogP contribution >= 0.6 is 0 Å². The number of likely N-dealkylation sites (tertiary alicyclic amines) is 1. The Balaban J connectivity index is 1.44. The van der Waals surface area contributed by atoms with Crippen LogP contribution in [0.5, 0.6) is 0 Å². The lowest BCUT2D eigenvalue weighted by Crippen LogP contribution is -2.58. The Hall–Kier alpha value is -3.57. The molecule has 0 saturated carbocycles. The van der Waals surface area contributed by atoms with E-state index in [0.29, 0.717) is 18.4 Å².